The van der Waals surface area contributed by atoms with E-state index in [1.807, 2.05) is 0 Å². The zero-order chi connectivity index (χ0) is 13.1. The molecule has 0 aromatic carbocycles. The van der Waals surface area contributed by atoms with E-state index in [-0.39, 0.29) is 0 Å². The van der Waals surface area contributed by atoms with Crippen molar-refractivity contribution in [1.29, 1.82) is 0 Å². The Balaban J connectivity index is 1.85. The lowest BCUT2D eigenvalue weighted by molar-refractivity contribution is 0.0989. The first kappa shape index (κ1) is 14.3. The van der Waals surface area contributed by atoms with Crippen LogP contribution in [0.25, 0.3) is 0 Å². The monoisotopic (exact) mass is 252 g/mol. The van der Waals surface area contributed by atoms with Gasteiger partial charge in [0.1, 0.15) is 0 Å². The minimum atomic E-state index is 0.721. The molecule has 1 aliphatic carbocycles. The van der Waals surface area contributed by atoms with E-state index >= 15 is 0 Å². The highest BCUT2D eigenvalue weighted by atomic mass is 15.2. The first-order valence-corrected chi connectivity index (χ1v) is 8.07. The minimum absolute atomic E-state index is 0.721. The van der Waals surface area contributed by atoms with Gasteiger partial charge < -0.3 is 5.32 Å². The van der Waals surface area contributed by atoms with Gasteiger partial charge in [0.05, 0.1) is 0 Å². The Morgan fingerprint density at radius 1 is 1.22 bits per heavy atom. The van der Waals surface area contributed by atoms with E-state index in [0.717, 1.165) is 29.8 Å². The van der Waals surface area contributed by atoms with Gasteiger partial charge in [-0.1, -0.05) is 27.7 Å². The van der Waals surface area contributed by atoms with Crippen LogP contribution in [-0.2, 0) is 0 Å². The normalized spacial score (nSPS) is 31.8. The predicted octanol–water partition coefficient (Wildman–Crippen LogP) is 3.13. The minimum Gasteiger partial charge on any atom is -0.311 e. The zero-order valence-corrected chi connectivity index (χ0v) is 12.8. The van der Waals surface area contributed by atoms with Crippen molar-refractivity contribution in [3.05, 3.63) is 0 Å². The van der Waals surface area contributed by atoms with Gasteiger partial charge in [-0.2, -0.15) is 0 Å². The van der Waals surface area contributed by atoms with E-state index in [2.05, 4.69) is 37.9 Å². The molecule has 0 bridgehead atoms. The quantitative estimate of drug-likeness (QED) is 0.781. The number of hydrogen-bond donors (Lipinski definition) is 1. The molecule has 1 N–H and O–H groups in total. The number of nitrogens with one attached hydrogen (secondary N) is 1. The molecule has 1 saturated heterocycles. The lowest BCUT2D eigenvalue weighted by Crippen LogP contribution is -2.57. The van der Waals surface area contributed by atoms with Gasteiger partial charge in [-0.05, 0) is 43.4 Å². The van der Waals surface area contributed by atoms with Crippen LogP contribution >= 0.6 is 0 Å². The highest BCUT2D eigenvalue weighted by Gasteiger charge is 2.33. The van der Waals surface area contributed by atoms with Crippen molar-refractivity contribution in [2.75, 3.05) is 19.6 Å². The molecule has 2 aliphatic rings. The molecule has 106 valence electrons. The summed E-state index contributed by atoms with van der Waals surface area (Å²) < 4.78 is 0. The summed E-state index contributed by atoms with van der Waals surface area (Å²) in [5, 5.41) is 3.76. The maximum absolute atomic E-state index is 3.76. The fourth-order valence-corrected chi connectivity index (χ4v) is 3.47. The number of piperazine rings is 1. The van der Waals surface area contributed by atoms with E-state index in [1.165, 1.54) is 45.3 Å². The summed E-state index contributed by atoms with van der Waals surface area (Å²) in [5.74, 6) is 2.76. The largest absolute Gasteiger partial charge is 0.311 e. The molecule has 0 aromatic rings. The van der Waals surface area contributed by atoms with Crippen molar-refractivity contribution in [2.24, 2.45) is 17.8 Å². The summed E-state index contributed by atoms with van der Waals surface area (Å²) in [6, 6.07) is 1.49. The fourth-order valence-electron chi connectivity index (χ4n) is 3.47. The molecular formula is C16H32N2. The first-order valence-electron chi connectivity index (χ1n) is 8.07. The van der Waals surface area contributed by atoms with Crippen molar-refractivity contribution >= 4 is 0 Å². The third-order valence-electron chi connectivity index (χ3n) is 4.79. The smallest absolute Gasteiger partial charge is 0.0218 e. The lowest BCUT2D eigenvalue weighted by atomic mass is 9.97. The molecule has 3 atom stereocenters. The van der Waals surface area contributed by atoms with Crippen LogP contribution in [0.5, 0.6) is 0 Å². The Labute approximate surface area is 114 Å². The second kappa shape index (κ2) is 6.38. The van der Waals surface area contributed by atoms with Crippen molar-refractivity contribution in [1.82, 2.24) is 10.2 Å². The van der Waals surface area contributed by atoms with Crippen LogP contribution in [0.3, 0.4) is 0 Å². The van der Waals surface area contributed by atoms with Gasteiger partial charge in [0.15, 0.2) is 0 Å². The van der Waals surface area contributed by atoms with Crippen molar-refractivity contribution in [3.8, 4) is 0 Å². The Morgan fingerprint density at radius 3 is 2.50 bits per heavy atom. The lowest BCUT2D eigenvalue weighted by Gasteiger charge is -2.42. The zero-order valence-electron chi connectivity index (χ0n) is 12.8. The molecule has 18 heavy (non-hydrogen) atoms. The van der Waals surface area contributed by atoms with Gasteiger partial charge in [-0.3, -0.25) is 4.90 Å². The molecular weight excluding hydrogens is 220 g/mol. The van der Waals surface area contributed by atoms with Crippen molar-refractivity contribution in [2.45, 2.75) is 65.5 Å². The molecule has 0 radical (unpaired) electrons. The van der Waals surface area contributed by atoms with Crippen LogP contribution in [-0.4, -0.2) is 36.6 Å². The summed E-state index contributed by atoms with van der Waals surface area (Å²) in [6.45, 7) is 13.3. The fraction of sp³-hybridized carbons (Fsp3) is 1.00. The van der Waals surface area contributed by atoms with Gasteiger partial charge in [0.2, 0.25) is 0 Å². The van der Waals surface area contributed by atoms with Gasteiger partial charge in [-0.15, -0.1) is 0 Å². The molecule has 1 aliphatic heterocycles. The van der Waals surface area contributed by atoms with Crippen LogP contribution in [0.4, 0.5) is 0 Å². The van der Waals surface area contributed by atoms with Gasteiger partial charge in [0.25, 0.3) is 0 Å². The molecule has 2 rings (SSSR count). The number of nitrogens with zero attached hydrogens (tertiary/aromatic N) is 1. The Bertz CT molecular complexity index is 247. The molecule has 0 aromatic heterocycles. The van der Waals surface area contributed by atoms with E-state index in [9.17, 15) is 0 Å². The second-order valence-corrected chi connectivity index (χ2v) is 7.07. The summed E-state index contributed by atoms with van der Waals surface area (Å²) in [5.41, 5.74) is 0. The average molecular weight is 252 g/mol. The van der Waals surface area contributed by atoms with Gasteiger partial charge in [0, 0.05) is 31.7 Å². The van der Waals surface area contributed by atoms with Gasteiger partial charge in [-0.25, -0.2) is 0 Å². The van der Waals surface area contributed by atoms with E-state index in [4.69, 9.17) is 0 Å². The summed E-state index contributed by atoms with van der Waals surface area (Å²) in [6.07, 6.45) is 5.59. The van der Waals surface area contributed by atoms with E-state index in [1.54, 1.807) is 0 Å². The Kier molecular flexibility index (Phi) is 5.08. The Morgan fingerprint density at radius 2 is 1.94 bits per heavy atom. The van der Waals surface area contributed by atoms with E-state index in [0.29, 0.717) is 0 Å². The molecule has 1 saturated carbocycles. The molecule has 2 nitrogen and oxygen atoms in total. The highest BCUT2D eigenvalue weighted by Crippen LogP contribution is 2.37. The molecule has 1 heterocycles. The average Bonchev–Trinajstić information content (AvgIpc) is 3.12. The summed E-state index contributed by atoms with van der Waals surface area (Å²) in [4.78, 5) is 2.78. The SMILES string of the molecule is CCC1CNC(CC(C)C)CN1CC(C)C1CC1. The first-order chi connectivity index (χ1) is 8.60. The third-order valence-corrected chi connectivity index (χ3v) is 4.79. The molecule has 3 unspecified atom stereocenters. The molecule has 0 amide bonds. The summed E-state index contributed by atoms with van der Waals surface area (Å²) >= 11 is 0. The topological polar surface area (TPSA) is 15.3 Å². The van der Waals surface area contributed by atoms with Crippen molar-refractivity contribution in [3.63, 3.8) is 0 Å². The second-order valence-electron chi connectivity index (χ2n) is 7.07. The van der Waals surface area contributed by atoms with Crippen LogP contribution in [0.1, 0.15) is 53.4 Å². The molecule has 0 spiro atoms. The Hall–Kier alpha value is -0.0800. The molecule has 2 fully saturated rings. The van der Waals surface area contributed by atoms with Crippen LogP contribution in [0.2, 0.25) is 0 Å². The maximum Gasteiger partial charge on any atom is 0.0218 e. The number of hydrogen-bond acceptors (Lipinski definition) is 2. The van der Waals surface area contributed by atoms with Gasteiger partial charge >= 0.3 is 0 Å². The van der Waals surface area contributed by atoms with E-state index < -0.39 is 0 Å². The van der Waals surface area contributed by atoms with Crippen molar-refractivity contribution < 1.29 is 0 Å². The van der Waals surface area contributed by atoms with Crippen LogP contribution in [0, 0.1) is 17.8 Å². The predicted molar refractivity (Wildman–Crippen MR) is 78.8 cm³/mol. The highest BCUT2D eigenvalue weighted by molar-refractivity contribution is 4.89. The third kappa shape index (κ3) is 3.96. The standard InChI is InChI=1S/C16H32N2/c1-5-16-9-17-15(8-12(2)3)11-18(16)10-13(4)14-6-7-14/h12-17H,5-11H2,1-4H3. The van der Waals surface area contributed by atoms with Crippen LogP contribution < -0.4 is 5.32 Å². The number of rotatable bonds is 6. The summed E-state index contributed by atoms with van der Waals surface area (Å²) in [7, 11) is 0. The molecule has 2 heteroatoms. The maximum atomic E-state index is 3.76. The van der Waals surface area contributed by atoms with Crippen LogP contribution in [0.15, 0.2) is 0 Å².